The topological polar surface area (TPSA) is 129 Å². The van der Waals surface area contributed by atoms with Crippen molar-refractivity contribution in [2.45, 2.75) is 105 Å². The molecule has 7 nitrogen and oxygen atoms in total. The Morgan fingerprint density at radius 1 is 1.05 bits per heavy atom. The van der Waals surface area contributed by atoms with E-state index in [2.05, 4.69) is 0 Å². The van der Waals surface area contributed by atoms with Gasteiger partial charge in [0, 0.05) is 47.3 Å². The number of allylic oxidation sites excluding steroid dienone is 3. The number of aliphatic hydroxyl groups excluding tert-OH is 1. The van der Waals surface area contributed by atoms with Gasteiger partial charge < -0.3 is 15.3 Å². The van der Waals surface area contributed by atoms with Crippen LogP contribution in [0.5, 0.6) is 0 Å². The monoisotopic (exact) mass is 514 g/mol. The number of carboxylic acids is 1. The normalized spacial score (nSPS) is 41.2. The Bertz CT molecular complexity index is 1140. The zero-order chi connectivity index (χ0) is 27.9. The molecule has 4 rings (SSSR count). The summed E-state index contributed by atoms with van der Waals surface area (Å²) in [4.78, 5) is 53.0. The molecule has 0 saturated heterocycles. The van der Waals surface area contributed by atoms with Gasteiger partial charge >= 0.3 is 5.97 Å². The van der Waals surface area contributed by atoms with Gasteiger partial charge in [0.05, 0.1) is 17.1 Å². The molecule has 0 heterocycles. The lowest BCUT2D eigenvalue weighted by Crippen LogP contribution is -2.60. The Kier molecular flexibility index (Phi) is 6.36. The Labute approximate surface area is 219 Å². The lowest BCUT2D eigenvalue weighted by Gasteiger charge is -2.60. The zero-order valence-corrected chi connectivity index (χ0v) is 23.2. The SMILES string of the molecule is C/C(=C\CC[C@](C)(O)[C@H]1CC(=O)[C@@]2(C)C3=C(C(=O)C[C@]12C)[C@@]1(C)CC[C@H](O)C(C)(C)[C@@H]1CC3=O)C(=O)O. The molecule has 4 aliphatic rings. The molecule has 0 aliphatic heterocycles. The van der Waals surface area contributed by atoms with Crippen LogP contribution in [-0.4, -0.2) is 50.3 Å². The number of Topliss-reactive ketones (excluding diaryl/α,β-unsaturated/α-hetero) is 3. The van der Waals surface area contributed by atoms with E-state index in [4.69, 9.17) is 5.11 Å². The molecule has 0 aromatic carbocycles. The van der Waals surface area contributed by atoms with Crippen molar-refractivity contribution in [2.75, 3.05) is 0 Å². The van der Waals surface area contributed by atoms with Crippen LogP contribution >= 0.6 is 0 Å². The van der Waals surface area contributed by atoms with Crippen molar-refractivity contribution >= 4 is 23.3 Å². The minimum atomic E-state index is -1.34. The number of carboxylic acid groups (broad SMARTS) is 1. The number of hydrogen-bond donors (Lipinski definition) is 3. The van der Waals surface area contributed by atoms with Gasteiger partial charge in [0.1, 0.15) is 5.78 Å². The maximum absolute atomic E-state index is 14.0. The van der Waals surface area contributed by atoms with Gasteiger partial charge in [0.15, 0.2) is 11.6 Å². The second kappa shape index (κ2) is 8.44. The highest BCUT2D eigenvalue weighted by Crippen LogP contribution is 2.70. The van der Waals surface area contributed by atoms with Gasteiger partial charge in [0.2, 0.25) is 0 Å². The highest BCUT2D eigenvalue weighted by atomic mass is 16.4. The number of carbonyl (C=O) groups is 4. The number of aliphatic hydroxyl groups is 2. The first-order valence-corrected chi connectivity index (χ1v) is 13.5. The van der Waals surface area contributed by atoms with Gasteiger partial charge in [-0.15, -0.1) is 0 Å². The summed E-state index contributed by atoms with van der Waals surface area (Å²) in [6.45, 7) is 12.8. The van der Waals surface area contributed by atoms with Crippen LogP contribution in [0.15, 0.2) is 22.8 Å². The maximum Gasteiger partial charge on any atom is 0.330 e. The van der Waals surface area contributed by atoms with Crippen molar-refractivity contribution in [3.8, 4) is 0 Å². The van der Waals surface area contributed by atoms with E-state index >= 15 is 0 Å². The van der Waals surface area contributed by atoms with Gasteiger partial charge in [-0.25, -0.2) is 4.79 Å². The van der Waals surface area contributed by atoms with Crippen LogP contribution in [0.4, 0.5) is 0 Å². The smallest absolute Gasteiger partial charge is 0.330 e. The van der Waals surface area contributed by atoms with Crippen molar-refractivity contribution in [1.29, 1.82) is 0 Å². The van der Waals surface area contributed by atoms with Gasteiger partial charge in [-0.05, 0) is 63.2 Å². The molecule has 0 aromatic heterocycles. The summed E-state index contributed by atoms with van der Waals surface area (Å²) in [5.74, 6) is -2.21. The Hall–Kier alpha value is -2.12. The molecule has 0 spiro atoms. The molecule has 0 bridgehead atoms. The fourth-order valence-electron chi connectivity index (χ4n) is 8.70. The van der Waals surface area contributed by atoms with Crippen LogP contribution in [-0.2, 0) is 19.2 Å². The van der Waals surface area contributed by atoms with Gasteiger partial charge in [-0.1, -0.05) is 33.8 Å². The average Bonchev–Trinajstić information content (AvgIpc) is 2.99. The lowest BCUT2D eigenvalue weighted by atomic mass is 9.42. The molecule has 7 atom stereocenters. The summed E-state index contributed by atoms with van der Waals surface area (Å²) in [6, 6.07) is 0. The average molecular weight is 515 g/mol. The van der Waals surface area contributed by atoms with E-state index in [0.29, 0.717) is 30.4 Å². The molecular weight excluding hydrogens is 472 g/mol. The van der Waals surface area contributed by atoms with Crippen LogP contribution in [0.3, 0.4) is 0 Å². The third-order valence-corrected chi connectivity index (χ3v) is 11.3. The molecule has 37 heavy (non-hydrogen) atoms. The van der Waals surface area contributed by atoms with E-state index in [9.17, 15) is 29.4 Å². The van der Waals surface area contributed by atoms with Gasteiger partial charge in [-0.2, -0.15) is 0 Å². The third kappa shape index (κ3) is 3.67. The van der Waals surface area contributed by atoms with E-state index in [1.54, 1.807) is 19.9 Å². The van der Waals surface area contributed by atoms with Crippen molar-refractivity contribution in [3.05, 3.63) is 22.8 Å². The van der Waals surface area contributed by atoms with Crippen molar-refractivity contribution in [1.82, 2.24) is 0 Å². The highest BCUT2D eigenvalue weighted by Gasteiger charge is 2.71. The van der Waals surface area contributed by atoms with Crippen LogP contribution in [0.25, 0.3) is 0 Å². The summed E-state index contributed by atoms with van der Waals surface area (Å²) in [5.41, 5.74) is -3.60. The summed E-state index contributed by atoms with van der Waals surface area (Å²) in [7, 11) is 0. The predicted molar refractivity (Wildman–Crippen MR) is 137 cm³/mol. The summed E-state index contributed by atoms with van der Waals surface area (Å²) in [5, 5.41) is 31.5. The first-order chi connectivity index (χ1) is 16.9. The standard InChI is InChI=1S/C30H42O7/c1-16(25(35)36)9-8-11-29(6,37)20-14-22(34)30(7)24-17(31)13-19-26(2,3)21(33)10-12-27(19,4)23(24)18(32)15-28(20,30)5/h9,19-21,33,37H,8,10-15H2,1-7H3,(H,35,36)/b16-9+/t19-,20-,21-,27-,28+,29-,30-/m0/s1. The van der Waals surface area contributed by atoms with Gasteiger partial charge in [0.25, 0.3) is 0 Å². The van der Waals surface area contributed by atoms with E-state index in [1.807, 2.05) is 27.7 Å². The summed E-state index contributed by atoms with van der Waals surface area (Å²) < 4.78 is 0. The number of aliphatic carboxylic acids is 1. The zero-order valence-electron chi connectivity index (χ0n) is 23.2. The second-order valence-corrected chi connectivity index (χ2v) is 13.6. The predicted octanol–water partition coefficient (Wildman–Crippen LogP) is 4.20. The first-order valence-electron chi connectivity index (χ1n) is 13.5. The molecular formula is C30H42O7. The number of hydrogen-bond acceptors (Lipinski definition) is 6. The summed E-state index contributed by atoms with van der Waals surface area (Å²) >= 11 is 0. The molecule has 0 radical (unpaired) electrons. The second-order valence-electron chi connectivity index (χ2n) is 13.6. The number of fused-ring (bicyclic) bond motifs is 4. The molecule has 0 unspecified atom stereocenters. The van der Waals surface area contributed by atoms with E-state index in [0.717, 1.165) is 0 Å². The molecule has 204 valence electrons. The molecule has 4 aliphatic carbocycles. The molecule has 0 aromatic rings. The van der Waals surface area contributed by atoms with Crippen LogP contribution < -0.4 is 0 Å². The third-order valence-electron chi connectivity index (χ3n) is 11.3. The van der Waals surface area contributed by atoms with Crippen molar-refractivity contribution in [2.24, 2.45) is 33.5 Å². The Balaban J connectivity index is 1.80. The largest absolute Gasteiger partial charge is 0.478 e. The minimum absolute atomic E-state index is 0.0588. The van der Waals surface area contributed by atoms with E-state index in [-0.39, 0.29) is 54.5 Å². The molecule has 7 heteroatoms. The fourth-order valence-corrected chi connectivity index (χ4v) is 8.70. The Morgan fingerprint density at radius 2 is 1.68 bits per heavy atom. The highest BCUT2D eigenvalue weighted by molar-refractivity contribution is 6.16. The van der Waals surface area contributed by atoms with Gasteiger partial charge in [-0.3, -0.25) is 14.4 Å². The van der Waals surface area contributed by atoms with Crippen molar-refractivity contribution < 1.29 is 34.5 Å². The fraction of sp³-hybridized carbons (Fsp3) is 0.733. The minimum Gasteiger partial charge on any atom is -0.478 e. The van der Waals surface area contributed by atoms with Crippen LogP contribution in [0.1, 0.15) is 93.4 Å². The number of ketones is 3. The number of rotatable bonds is 5. The molecule has 3 N–H and O–H groups in total. The molecule has 2 fully saturated rings. The summed E-state index contributed by atoms with van der Waals surface area (Å²) in [6.07, 6.45) is 2.98. The quantitative estimate of drug-likeness (QED) is 0.469. The molecule has 0 amide bonds. The van der Waals surface area contributed by atoms with E-state index < -0.39 is 45.3 Å². The van der Waals surface area contributed by atoms with E-state index in [1.165, 1.54) is 6.92 Å². The van der Waals surface area contributed by atoms with Crippen LogP contribution in [0.2, 0.25) is 0 Å². The van der Waals surface area contributed by atoms with Crippen LogP contribution in [0, 0.1) is 33.5 Å². The maximum atomic E-state index is 14.0. The lowest BCUT2D eigenvalue weighted by molar-refractivity contribution is -0.147. The molecule has 2 saturated carbocycles. The van der Waals surface area contributed by atoms with Crippen molar-refractivity contribution in [3.63, 3.8) is 0 Å². The first kappa shape index (κ1) is 27.9. The Morgan fingerprint density at radius 3 is 2.27 bits per heavy atom. The number of carbonyl (C=O) groups excluding carboxylic acids is 3.